The lowest BCUT2D eigenvalue weighted by atomic mass is 10.1. The molecular weight excluding hydrogens is 388 g/mol. The second kappa shape index (κ2) is 7.53. The third-order valence-electron chi connectivity index (χ3n) is 3.71. The molecule has 2 aromatic heterocycles. The summed E-state index contributed by atoms with van der Waals surface area (Å²) in [7, 11) is -3.74. The molecule has 7 nitrogen and oxygen atoms in total. The topological polar surface area (TPSA) is 98.5 Å². The van der Waals surface area contributed by atoms with Crippen molar-refractivity contribution in [1.82, 2.24) is 5.16 Å². The van der Waals surface area contributed by atoms with E-state index in [9.17, 15) is 13.2 Å². The van der Waals surface area contributed by atoms with Crippen molar-refractivity contribution in [3.63, 3.8) is 0 Å². The SMILES string of the molecule is CCOC(=O)c1cc(-c2ccc(S(=O)(=O)Nc3ccc(C)cc3C)s2)on1. The highest BCUT2D eigenvalue weighted by Crippen LogP contribution is 2.32. The van der Waals surface area contributed by atoms with E-state index < -0.39 is 16.0 Å². The van der Waals surface area contributed by atoms with Crippen molar-refractivity contribution in [2.75, 3.05) is 11.3 Å². The number of thiophene rings is 1. The summed E-state index contributed by atoms with van der Waals surface area (Å²) >= 11 is 1.02. The molecule has 1 N–H and O–H groups in total. The number of nitrogens with zero attached hydrogens (tertiary/aromatic N) is 1. The Balaban J connectivity index is 1.83. The number of rotatable bonds is 6. The number of hydrogen-bond donors (Lipinski definition) is 1. The van der Waals surface area contributed by atoms with Crippen LogP contribution in [-0.2, 0) is 14.8 Å². The first-order chi connectivity index (χ1) is 12.8. The first-order valence-corrected chi connectivity index (χ1v) is 10.4. The van der Waals surface area contributed by atoms with Gasteiger partial charge in [0.05, 0.1) is 17.2 Å². The van der Waals surface area contributed by atoms with Gasteiger partial charge in [-0.1, -0.05) is 22.9 Å². The third kappa shape index (κ3) is 4.20. The summed E-state index contributed by atoms with van der Waals surface area (Å²) in [6, 6.07) is 10.0. The molecule has 0 fully saturated rings. The number of aromatic nitrogens is 1. The number of benzene rings is 1. The summed E-state index contributed by atoms with van der Waals surface area (Å²) in [5.74, 6) is -0.288. The molecule has 0 radical (unpaired) electrons. The molecule has 0 amide bonds. The number of ether oxygens (including phenoxy) is 1. The molecular formula is C18H18N2O5S2. The molecule has 9 heteroatoms. The van der Waals surface area contributed by atoms with Gasteiger partial charge in [-0.05, 0) is 44.5 Å². The standard InChI is InChI=1S/C18H18N2O5S2/c1-4-24-18(21)14-10-15(25-19-14)16-7-8-17(26-16)27(22,23)20-13-6-5-11(2)9-12(13)3/h5-10,20H,4H2,1-3H3. The van der Waals surface area contributed by atoms with Crippen molar-refractivity contribution in [2.45, 2.75) is 25.0 Å². The maximum Gasteiger partial charge on any atom is 0.360 e. The largest absolute Gasteiger partial charge is 0.461 e. The lowest BCUT2D eigenvalue weighted by Crippen LogP contribution is -2.12. The predicted octanol–water partition coefficient (Wildman–Crippen LogP) is 4.00. The van der Waals surface area contributed by atoms with Crippen molar-refractivity contribution in [1.29, 1.82) is 0 Å². The van der Waals surface area contributed by atoms with Crippen LogP contribution in [0.3, 0.4) is 0 Å². The lowest BCUT2D eigenvalue weighted by Gasteiger charge is -2.09. The molecule has 0 aliphatic carbocycles. The number of carbonyl (C=O) groups is 1. The van der Waals surface area contributed by atoms with Crippen molar-refractivity contribution in [3.8, 4) is 10.6 Å². The highest BCUT2D eigenvalue weighted by Gasteiger charge is 2.21. The number of aryl methyl sites for hydroxylation is 2. The number of nitrogens with one attached hydrogen (secondary N) is 1. The molecule has 0 aliphatic rings. The normalized spacial score (nSPS) is 11.4. The Morgan fingerprint density at radius 1 is 1.22 bits per heavy atom. The zero-order chi connectivity index (χ0) is 19.6. The van der Waals surface area contributed by atoms with Gasteiger partial charge in [0, 0.05) is 6.07 Å². The molecule has 3 aromatic rings. The van der Waals surface area contributed by atoms with Crippen LogP contribution < -0.4 is 4.72 Å². The third-order valence-corrected chi connectivity index (χ3v) is 6.67. The highest BCUT2D eigenvalue weighted by molar-refractivity contribution is 7.94. The van der Waals surface area contributed by atoms with Gasteiger partial charge in [0.15, 0.2) is 11.5 Å². The zero-order valence-corrected chi connectivity index (χ0v) is 16.6. The monoisotopic (exact) mass is 406 g/mol. The number of carbonyl (C=O) groups excluding carboxylic acids is 1. The molecule has 1 aromatic carbocycles. The average Bonchev–Trinajstić information content (AvgIpc) is 3.26. The van der Waals surface area contributed by atoms with E-state index in [0.717, 1.165) is 22.5 Å². The predicted molar refractivity (Wildman–Crippen MR) is 102 cm³/mol. The van der Waals surface area contributed by atoms with E-state index in [4.69, 9.17) is 9.26 Å². The summed E-state index contributed by atoms with van der Waals surface area (Å²) in [6.07, 6.45) is 0. The van der Waals surface area contributed by atoms with Crippen LogP contribution >= 0.6 is 11.3 Å². The quantitative estimate of drug-likeness (QED) is 0.621. The molecule has 0 saturated carbocycles. The van der Waals surface area contributed by atoms with Crippen molar-refractivity contribution in [3.05, 3.63) is 53.2 Å². The van der Waals surface area contributed by atoms with Crippen LogP contribution in [0.1, 0.15) is 28.5 Å². The number of hydrogen-bond acceptors (Lipinski definition) is 7. The van der Waals surface area contributed by atoms with Gasteiger partial charge in [-0.2, -0.15) is 0 Å². The molecule has 0 spiro atoms. The first kappa shape index (κ1) is 19.1. The maximum absolute atomic E-state index is 12.7. The Morgan fingerprint density at radius 3 is 2.70 bits per heavy atom. The Bertz CT molecular complexity index is 1080. The van der Waals surface area contributed by atoms with Crippen LogP contribution in [0, 0.1) is 13.8 Å². The maximum atomic E-state index is 12.7. The minimum absolute atomic E-state index is 0.0399. The molecule has 0 atom stereocenters. The molecule has 2 heterocycles. The highest BCUT2D eigenvalue weighted by atomic mass is 32.2. The van der Waals surface area contributed by atoms with Gasteiger partial charge in [0.2, 0.25) is 0 Å². The first-order valence-electron chi connectivity index (χ1n) is 8.14. The Hall–Kier alpha value is -2.65. The Labute approximate surface area is 161 Å². The van der Waals surface area contributed by atoms with E-state index in [1.54, 1.807) is 19.1 Å². The van der Waals surface area contributed by atoms with Crippen LogP contribution in [-0.4, -0.2) is 26.2 Å². The summed E-state index contributed by atoms with van der Waals surface area (Å²) in [5.41, 5.74) is 2.46. The van der Waals surface area contributed by atoms with E-state index in [1.165, 1.54) is 12.1 Å². The minimum Gasteiger partial charge on any atom is -0.461 e. The van der Waals surface area contributed by atoms with Crippen molar-refractivity contribution in [2.24, 2.45) is 0 Å². The molecule has 0 saturated heterocycles. The van der Waals surface area contributed by atoms with Crippen LogP contribution in [0.4, 0.5) is 5.69 Å². The van der Waals surface area contributed by atoms with Crippen LogP contribution in [0.5, 0.6) is 0 Å². The van der Waals surface area contributed by atoms with Crippen molar-refractivity contribution >= 4 is 33.0 Å². The molecule has 0 bridgehead atoms. The molecule has 3 rings (SSSR count). The van der Waals surface area contributed by atoms with Gasteiger partial charge in [-0.15, -0.1) is 11.3 Å². The smallest absolute Gasteiger partial charge is 0.360 e. The van der Waals surface area contributed by atoms with Gasteiger partial charge >= 0.3 is 5.97 Å². The molecule has 142 valence electrons. The summed E-state index contributed by atoms with van der Waals surface area (Å²) in [6.45, 7) is 5.71. The summed E-state index contributed by atoms with van der Waals surface area (Å²) in [4.78, 5) is 12.2. The van der Waals surface area contributed by atoms with Crippen molar-refractivity contribution < 1.29 is 22.5 Å². The second-order valence-electron chi connectivity index (χ2n) is 5.84. The van der Waals surface area contributed by atoms with Gasteiger partial charge in [-0.25, -0.2) is 13.2 Å². The van der Waals surface area contributed by atoms with Crippen LogP contribution in [0.2, 0.25) is 0 Å². The zero-order valence-electron chi connectivity index (χ0n) is 15.0. The van der Waals surface area contributed by atoms with Crippen LogP contribution in [0.15, 0.2) is 45.1 Å². The fourth-order valence-corrected chi connectivity index (χ4v) is 4.80. The summed E-state index contributed by atoms with van der Waals surface area (Å²) in [5, 5.41) is 3.66. The van der Waals surface area contributed by atoms with E-state index in [2.05, 4.69) is 9.88 Å². The molecule has 27 heavy (non-hydrogen) atoms. The Kier molecular flexibility index (Phi) is 5.33. The number of esters is 1. The van der Waals surface area contributed by atoms with Gasteiger partial charge in [-0.3, -0.25) is 4.72 Å². The fraction of sp³-hybridized carbons (Fsp3) is 0.222. The van der Waals surface area contributed by atoms with Gasteiger partial charge in [0.1, 0.15) is 4.21 Å². The van der Waals surface area contributed by atoms with E-state index in [-0.39, 0.29) is 16.5 Å². The Morgan fingerprint density at radius 2 is 2.00 bits per heavy atom. The van der Waals surface area contributed by atoms with Gasteiger partial charge < -0.3 is 9.26 Å². The molecule has 0 unspecified atom stereocenters. The van der Waals surface area contributed by atoms with E-state index in [0.29, 0.717) is 16.3 Å². The van der Waals surface area contributed by atoms with Gasteiger partial charge in [0.25, 0.3) is 10.0 Å². The lowest BCUT2D eigenvalue weighted by molar-refractivity contribution is 0.0514. The fourth-order valence-electron chi connectivity index (χ4n) is 2.41. The second-order valence-corrected chi connectivity index (χ2v) is 8.83. The molecule has 0 aliphatic heterocycles. The van der Waals surface area contributed by atoms with E-state index in [1.807, 2.05) is 26.0 Å². The van der Waals surface area contributed by atoms with Crippen LogP contribution in [0.25, 0.3) is 10.6 Å². The van der Waals surface area contributed by atoms with E-state index >= 15 is 0 Å². The average molecular weight is 406 g/mol. The number of sulfonamides is 1. The number of anilines is 1. The summed E-state index contributed by atoms with van der Waals surface area (Å²) < 4.78 is 38.0. The minimum atomic E-state index is -3.74.